The largest absolute Gasteiger partial charge is 0.327 e. The molecule has 0 bridgehead atoms. The molecule has 0 radical (unpaired) electrons. The molecular formula is C4H11O3PZn. The number of rotatable bonds is 3. The first kappa shape index (κ1) is 12.4. The van der Waals surface area contributed by atoms with E-state index < -0.39 is 7.60 Å². The van der Waals surface area contributed by atoms with Crippen molar-refractivity contribution in [3.05, 3.63) is 0 Å². The van der Waals surface area contributed by atoms with Gasteiger partial charge in [0, 0.05) is 33.3 Å². The maximum atomic E-state index is 10.7. The van der Waals surface area contributed by atoms with Gasteiger partial charge in [-0.25, -0.2) is 0 Å². The van der Waals surface area contributed by atoms with E-state index in [2.05, 4.69) is 4.52 Å². The fourth-order valence-electron chi connectivity index (χ4n) is 0.287. The summed E-state index contributed by atoms with van der Waals surface area (Å²) < 4.78 is 20.0. The molecule has 5 heteroatoms. The van der Waals surface area contributed by atoms with Crippen molar-refractivity contribution < 1.29 is 33.1 Å². The molecule has 0 aliphatic carbocycles. The molecule has 0 fully saturated rings. The van der Waals surface area contributed by atoms with Gasteiger partial charge in [-0.2, -0.15) is 0 Å². The summed E-state index contributed by atoms with van der Waals surface area (Å²) in [5, 5.41) is 0. The fourth-order valence-corrected chi connectivity index (χ4v) is 0.862. The Kier molecular flexibility index (Phi) is 7.68. The summed E-state index contributed by atoms with van der Waals surface area (Å²) in [5.41, 5.74) is 0. The first-order chi connectivity index (χ1) is 3.62. The van der Waals surface area contributed by atoms with Crippen molar-refractivity contribution in [1.82, 2.24) is 0 Å². The monoisotopic (exact) mass is 202 g/mol. The predicted octanol–water partition coefficient (Wildman–Crippen LogP) is 1.49. The van der Waals surface area contributed by atoms with E-state index in [4.69, 9.17) is 4.52 Å². The van der Waals surface area contributed by atoms with Crippen LogP contribution in [-0.4, -0.2) is 20.4 Å². The summed E-state index contributed by atoms with van der Waals surface area (Å²) >= 11 is 0. The summed E-state index contributed by atoms with van der Waals surface area (Å²) in [7, 11) is -1.30. The minimum atomic E-state index is -2.67. The van der Waals surface area contributed by atoms with Gasteiger partial charge >= 0.3 is 7.60 Å². The van der Waals surface area contributed by atoms with E-state index in [1.165, 1.54) is 13.8 Å². The zero-order valence-electron chi connectivity index (χ0n) is 6.09. The standard InChI is InChI=1S/C4H11O3P.Zn/c1-4-7-8(3,5)6-2;/h4H2,1-3H3;. The quantitative estimate of drug-likeness (QED) is 0.515. The van der Waals surface area contributed by atoms with Crippen molar-refractivity contribution in [2.45, 2.75) is 6.92 Å². The molecule has 0 amide bonds. The third kappa shape index (κ3) is 6.66. The van der Waals surface area contributed by atoms with Crippen LogP contribution in [0.3, 0.4) is 0 Å². The summed E-state index contributed by atoms with van der Waals surface area (Å²) in [4.78, 5) is 0. The molecule has 1 atom stereocenters. The third-order valence-corrected chi connectivity index (χ3v) is 2.09. The first-order valence-corrected chi connectivity index (χ1v) is 4.39. The maximum Gasteiger partial charge on any atom is 0.327 e. The molecule has 0 saturated carbocycles. The molecule has 0 aliphatic rings. The Morgan fingerprint density at radius 2 is 2.00 bits per heavy atom. The summed E-state index contributed by atoms with van der Waals surface area (Å²) in [6, 6.07) is 0. The molecule has 0 spiro atoms. The van der Waals surface area contributed by atoms with Crippen LogP contribution >= 0.6 is 7.60 Å². The minimum Gasteiger partial charge on any atom is -0.312 e. The zero-order valence-corrected chi connectivity index (χ0v) is 9.95. The number of hydrogen-bond donors (Lipinski definition) is 0. The van der Waals surface area contributed by atoms with Gasteiger partial charge in [0.15, 0.2) is 0 Å². The van der Waals surface area contributed by atoms with Crippen molar-refractivity contribution in [3.8, 4) is 0 Å². The van der Waals surface area contributed by atoms with Crippen LogP contribution in [0, 0.1) is 0 Å². The minimum absolute atomic E-state index is 0. The van der Waals surface area contributed by atoms with Crippen LogP contribution in [0.5, 0.6) is 0 Å². The van der Waals surface area contributed by atoms with Crippen LogP contribution in [0.25, 0.3) is 0 Å². The molecule has 0 N–H and O–H groups in total. The van der Waals surface area contributed by atoms with Gasteiger partial charge in [-0.3, -0.25) is 4.57 Å². The van der Waals surface area contributed by atoms with Crippen molar-refractivity contribution in [2.24, 2.45) is 0 Å². The molecule has 0 aromatic rings. The van der Waals surface area contributed by atoms with E-state index in [1.54, 1.807) is 6.92 Å². The second-order valence-corrected chi connectivity index (χ2v) is 3.54. The Morgan fingerprint density at radius 3 is 2.11 bits per heavy atom. The molecule has 3 nitrogen and oxygen atoms in total. The SMILES string of the molecule is CCOP(C)(=O)OC.[Zn]. The molecule has 0 aliphatic heterocycles. The van der Waals surface area contributed by atoms with Gasteiger partial charge in [-0.05, 0) is 6.92 Å². The molecule has 0 heterocycles. The van der Waals surface area contributed by atoms with Gasteiger partial charge in [0.05, 0.1) is 6.61 Å². The van der Waals surface area contributed by atoms with E-state index in [-0.39, 0.29) is 19.5 Å². The average Bonchev–Trinajstić information content (AvgIpc) is 1.67. The van der Waals surface area contributed by atoms with Crippen molar-refractivity contribution >= 4 is 7.60 Å². The van der Waals surface area contributed by atoms with Crippen LogP contribution in [0.15, 0.2) is 0 Å². The van der Waals surface area contributed by atoms with Crippen LogP contribution in [-0.2, 0) is 33.1 Å². The Morgan fingerprint density at radius 1 is 1.56 bits per heavy atom. The molecular weight excluding hydrogens is 192 g/mol. The number of hydrogen-bond acceptors (Lipinski definition) is 3. The maximum absolute atomic E-state index is 10.7. The van der Waals surface area contributed by atoms with Crippen molar-refractivity contribution in [1.29, 1.82) is 0 Å². The van der Waals surface area contributed by atoms with Gasteiger partial charge in [-0.1, -0.05) is 0 Å². The fraction of sp³-hybridized carbons (Fsp3) is 1.00. The van der Waals surface area contributed by atoms with Gasteiger partial charge in [0.1, 0.15) is 0 Å². The Hall–Kier alpha value is 0.773. The van der Waals surface area contributed by atoms with E-state index in [1.807, 2.05) is 0 Å². The van der Waals surface area contributed by atoms with Gasteiger partial charge in [-0.15, -0.1) is 0 Å². The molecule has 0 aromatic carbocycles. The molecule has 9 heavy (non-hydrogen) atoms. The molecule has 0 saturated heterocycles. The summed E-state index contributed by atoms with van der Waals surface area (Å²) in [6.07, 6.45) is 0. The zero-order chi connectivity index (χ0) is 6.62. The van der Waals surface area contributed by atoms with E-state index >= 15 is 0 Å². The van der Waals surface area contributed by atoms with Gasteiger partial charge < -0.3 is 9.05 Å². The Balaban J connectivity index is 0. The normalized spacial score (nSPS) is 15.9. The molecule has 1 unspecified atom stereocenters. The van der Waals surface area contributed by atoms with Crippen LogP contribution in [0.4, 0.5) is 0 Å². The molecule has 0 rings (SSSR count). The second-order valence-electron chi connectivity index (χ2n) is 1.37. The van der Waals surface area contributed by atoms with Crippen molar-refractivity contribution in [2.75, 3.05) is 20.4 Å². The van der Waals surface area contributed by atoms with E-state index in [0.717, 1.165) is 0 Å². The topological polar surface area (TPSA) is 35.5 Å². The Labute approximate surface area is 68.4 Å². The van der Waals surface area contributed by atoms with E-state index in [0.29, 0.717) is 6.61 Å². The van der Waals surface area contributed by atoms with Gasteiger partial charge in [0.2, 0.25) is 0 Å². The van der Waals surface area contributed by atoms with Crippen LogP contribution in [0.2, 0.25) is 0 Å². The Bertz CT molecular complexity index is 106. The smallest absolute Gasteiger partial charge is 0.312 e. The summed E-state index contributed by atoms with van der Waals surface area (Å²) in [5.74, 6) is 0. The molecule has 52 valence electrons. The van der Waals surface area contributed by atoms with Crippen LogP contribution < -0.4 is 0 Å². The predicted molar refractivity (Wildman–Crippen MR) is 32.2 cm³/mol. The molecule has 0 aromatic heterocycles. The third-order valence-electron chi connectivity index (χ3n) is 0.695. The van der Waals surface area contributed by atoms with Crippen LogP contribution in [0.1, 0.15) is 6.92 Å². The van der Waals surface area contributed by atoms with E-state index in [9.17, 15) is 4.57 Å². The van der Waals surface area contributed by atoms with Crippen molar-refractivity contribution in [3.63, 3.8) is 0 Å². The summed E-state index contributed by atoms with van der Waals surface area (Å²) in [6.45, 7) is 3.65. The van der Waals surface area contributed by atoms with Gasteiger partial charge in [0.25, 0.3) is 0 Å². The first-order valence-electron chi connectivity index (χ1n) is 2.40. The second kappa shape index (κ2) is 5.55. The average molecular weight is 203 g/mol.